The molecule has 0 amide bonds. The molecule has 0 radical (unpaired) electrons. The smallest absolute Gasteiger partial charge is 0.0208 e. The fourth-order valence-electron chi connectivity index (χ4n) is 2.01. The van der Waals surface area contributed by atoms with Gasteiger partial charge < -0.3 is 5.32 Å². The summed E-state index contributed by atoms with van der Waals surface area (Å²) in [6.45, 7) is 11.9. The van der Waals surface area contributed by atoms with E-state index < -0.39 is 0 Å². The van der Waals surface area contributed by atoms with Crippen molar-refractivity contribution in [1.82, 2.24) is 5.32 Å². The standard InChI is InChI=1S/C17H27N/c1-14(2)9-8-10-16(4)18-13-15(3)17-11-6-5-7-12-17/h5-7,11-12,14,16,18H,3,8-10,13H2,1-2,4H3. The van der Waals surface area contributed by atoms with Crippen LogP contribution in [0.25, 0.3) is 5.57 Å². The molecule has 0 bridgehead atoms. The van der Waals surface area contributed by atoms with Gasteiger partial charge in [-0.2, -0.15) is 0 Å². The van der Waals surface area contributed by atoms with Crippen LogP contribution in [0.1, 0.15) is 45.6 Å². The Morgan fingerprint density at radius 1 is 1.11 bits per heavy atom. The fourth-order valence-corrected chi connectivity index (χ4v) is 2.01. The first-order valence-corrected chi connectivity index (χ1v) is 7.06. The van der Waals surface area contributed by atoms with E-state index in [2.05, 4.69) is 56.9 Å². The summed E-state index contributed by atoms with van der Waals surface area (Å²) in [5.74, 6) is 0.816. The molecule has 0 saturated carbocycles. The van der Waals surface area contributed by atoms with Crippen LogP contribution in [-0.2, 0) is 0 Å². The van der Waals surface area contributed by atoms with Crippen molar-refractivity contribution in [2.24, 2.45) is 5.92 Å². The topological polar surface area (TPSA) is 12.0 Å². The molecule has 1 atom stereocenters. The van der Waals surface area contributed by atoms with Crippen LogP contribution in [-0.4, -0.2) is 12.6 Å². The molecule has 1 nitrogen and oxygen atoms in total. The van der Waals surface area contributed by atoms with E-state index in [0.29, 0.717) is 6.04 Å². The fraction of sp³-hybridized carbons (Fsp3) is 0.529. The summed E-state index contributed by atoms with van der Waals surface area (Å²) in [7, 11) is 0. The zero-order chi connectivity index (χ0) is 13.4. The molecule has 0 heterocycles. The molecular weight excluding hydrogens is 218 g/mol. The number of nitrogens with one attached hydrogen (secondary N) is 1. The van der Waals surface area contributed by atoms with Gasteiger partial charge in [-0.25, -0.2) is 0 Å². The second-order valence-corrected chi connectivity index (χ2v) is 5.58. The molecule has 1 heteroatoms. The molecule has 18 heavy (non-hydrogen) atoms. The molecule has 100 valence electrons. The van der Waals surface area contributed by atoms with Gasteiger partial charge in [-0.1, -0.05) is 63.6 Å². The third kappa shape index (κ3) is 6.02. The van der Waals surface area contributed by atoms with Gasteiger partial charge in [0.05, 0.1) is 0 Å². The van der Waals surface area contributed by atoms with Crippen molar-refractivity contribution in [1.29, 1.82) is 0 Å². The average Bonchev–Trinajstić information content (AvgIpc) is 2.36. The minimum absolute atomic E-state index is 0.573. The summed E-state index contributed by atoms with van der Waals surface area (Å²) in [6, 6.07) is 11.0. The molecule has 1 aromatic carbocycles. The molecule has 1 N–H and O–H groups in total. The van der Waals surface area contributed by atoms with Gasteiger partial charge in [0, 0.05) is 12.6 Å². The van der Waals surface area contributed by atoms with Crippen LogP contribution >= 0.6 is 0 Å². The summed E-state index contributed by atoms with van der Waals surface area (Å²) in [6.07, 6.45) is 3.88. The van der Waals surface area contributed by atoms with Gasteiger partial charge in [0.2, 0.25) is 0 Å². The molecule has 0 aliphatic rings. The Kier molecular flexibility index (Phi) is 6.74. The van der Waals surface area contributed by atoms with E-state index >= 15 is 0 Å². The Morgan fingerprint density at radius 3 is 2.39 bits per heavy atom. The molecule has 0 aromatic heterocycles. The molecular formula is C17H27N. The Bertz CT molecular complexity index is 340. The summed E-state index contributed by atoms with van der Waals surface area (Å²) in [5, 5.41) is 3.56. The lowest BCUT2D eigenvalue weighted by Gasteiger charge is -2.15. The predicted molar refractivity (Wildman–Crippen MR) is 81.6 cm³/mol. The van der Waals surface area contributed by atoms with Gasteiger partial charge in [0.25, 0.3) is 0 Å². The van der Waals surface area contributed by atoms with Gasteiger partial charge in [-0.3, -0.25) is 0 Å². The highest BCUT2D eigenvalue weighted by Gasteiger charge is 2.04. The third-order valence-corrected chi connectivity index (χ3v) is 3.26. The number of rotatable bonds is 8. The van der Waals surface area contributed by atoms with Crippen LogP contribution in [0.15, 0.2) is 36.9 Å². The lowest BCUT2D eigenvalue weighted by Crippen LogP contribution is -2.27. The molecule has 0 fully saturated rings. The quantitative estimate of drug-likeness (QED) is 0.711. The first kappa shape index (κ1) is 15.0. The van der Waals surface area contributed by atoms with Gasteiger partial charge >= 0.3 is 0 Å². The predicted octanol–water partition coefficient (Wildman–Crippen LogP) is 4.50. The minimum Gasteiger partial charge on any atom is -0.310 e. The molecule has 1 unspecified atom stereocenters. The van der Waals surface area contributed by atoms with Crippen LogP contribution in [0.4, 0.5) is 0 Å². The van der Waals surface area contributed by atoms with Gasteiger partial charge in [-0.15, -0.1) is 0 Å². The third-order valence-electron chi connectivity index (χ3n) is 3.26. The molecule has 1 aromatic rings. The van der Waals surface area contributed by atoms with E-state index in [1.165, 1.54) is 30.4 Å². The SMILES string of the molecule is C=C(CNC(C)CCCC(C)C)c1ccccc1. The molecule has 0 spiro atoms. The maximum absolute atomic E-state index is 4.14. The van der Waals surface area contributed by atoms with Crippen molar-refractivity contribution in [3.8, 4) is 0 Å². The Labute approximate surface area is 112 Å². The van der Waals surface area contributed by atoms with Crippen molar-refractivity contribution in [3.63, 3.8) is 0 Å². The van der Waals surface area contributed by atoms with Gasteiger partial charge in [0.15, 0.2) is 0 Å². The summed E-state index contributed by atoms with van der Waals surface area (Å²) >= 11 is 0. The first-order chi connectivity index (χ1) is 8.59. The van der Waals surface area contributed by atoms with Crippen molar-refractivity contribution >= 4 is 5.57 Å². The molecule has 0 aliphatic carbocycles. The molecule has 1 rings (SSSR count). The summed E-state index contributed by atoms with van der Waals surface area (Å²) in [5.41, 5.74) is 2.41. The molecule has 0 aliphatic heterocycles. The lowest BCUT2D eigenvalue weighted by molar-refractivity contribution is 0.472. The van der Waals surface area contributed by atoms with E-state index in [9.17, 15) is 0 Å². The van der Waals surface area contributed by atoms with Gasteiger partial charge in [-0.05, 0) is 30.4 Å². The van der Waals surface area contributed by atoms with E-state index in [0.717, 1.165) is 12.5 Å². The van der Waals surface area contributed by atoms with Crippen LogP contribution in [0.3, 0.4) is 0 Å². The minimum atomic E-state index is 0.573. The van der Waals surface area contributed by atoms with E-state index in [-0.39, 0.29) is 0 Å². The monoisotopic (exact) mass is 245 g/mol. The van der Waals surface area contributed by atoms with E-state index in [4.69, 9.17) is 0 Å². The number of benzene rings is 1. The highest BCUT2D eigenvalue weighted by Crippen LogP contribution is 2.12. The van der Waals surface area contributed by atoms with Gasteiger partial charge in [0.1, 0.15) is 0 Å². The maximum Gasteiger partial charge on any atom is 0.0208 e. The number of hydrogen-bond acceptors (Lipinski definition) is 1. The highest BCUT2D eigenvalue weighted by molar-refractivity contribution is 5.64. The molecule has 0 saturated heterocycles. The summed E-state index contributed by atoms with van der Waals surface area (Å²) in [4.78, 5) is 0. The second kappa shape index (κ2) is 8.10. The second-order valence-electron chi connectivity index (χ2n) is 5.58. The van der Waals surface area contributed by atoms with Crippen LogP contribution in [0, 0.1) is 5.92 Å². The van der Waals surface area contributed by atoms with Crippen LogP contribution in [0.5, 0.6) is 0 Å². The zero-order valence-corrected chi connectivity index (χ0v) is 12.1. The van der Waals surface area contributed by atoms with E-state index in [1.807, 2.05) is 6.07 Å². The van der Waals surface area contributed by atoms with Crippen molar-refractivity contribution < 1.29 is 0 Å². The summed E-state index contributed by atoms with van der Waals surface area (Å²) < 4.78 is 0. The lowest BCUT2D eigenvalue weighted by atomic mass is 10.0. The maximum atomic E-state index is 4.14. The van der Waals surface area contributed by atoms with Crippen molar-refractivity contribution in [3.05, 3.63) is 42.5 Å². The Morgan fingerprint density at radius 2 is 1.78 bits per heavy atom. The Hall–Kier alpha value is -1.08. The first-order valence-electron chi connectivity index (χ1n) is 7.06. The largest absolute Gasteiger partial charge is 0.310 e. The normalized spacial score (nSPS) is 12.7. The van der Waals surface area contributed by atoms with Crippen molar-refractivity contribution in [2.75, 3.05) is 6.54 Å². The number of hydrogen-bond donors (Lipinski definition) is 1. The van der Waals surface area contributed by atoms with E-state index in [1.54, 1.807) is 0 Å². The van der Waals surface area contributed by atoms with Crippen LogP contribution < -0.4 is 5.32 Å². The zero-order valence-electron chi connectivity index (χ0n) is 12.1. The van der Waals surface area contributed by atoms with Crippen molar-refractivity contribution in [2.45, 2.75) is 46.1 Å². The Balaban J connectivity index is 2.22. The van der Waals surface area contributed by atoms with Crippen LogP contribution in [0.2, 0.25) is 0 Å². The highest BCUT2D eigenvalue weighted by atomic mass is 14.9. The average molecular weight is 245 g/mol.